The average molecular weight is 751 g/mol. The fourth-order valence-electron chi connectivity index (χ4n) is 5.73. The SMILES string of the molecule is CC(=O)Oc1cc(OC(C)=O)c2c(c1)OC(c1ccc(OC(C)=O)c(Oc3ccc(-c4cc(=O)c5c(OC(C)=O)cc(OC(C)=O)cc5o4)cc3)c1)CC2=O. The molecule has 15 nitrogen and oxygen atoms in total. The second kappa shape index (κ2) is 15.4. The minimum Gasteiger partial charge on any atom is -0.484 e. The largest absolute Gasteiger partial charge is 0.484 e. The molecule has 15 heteroatoms. The van der Waals surface area contributed by atoms with Crippen LogP contribution in [0, 0.1) is 0 Å². The van der Waals surface area contributed by atoms with Gasteiger partial charge in [-0.1, -0.05) is 6.07 Å². The maximum Gasteiger partial charge on any atom is 0.308 e. The van der Waals surface area contributed by atoms with Gasteiger partial charge in [-0.25, -0.2) is 0 Å². The standard InChI is InChI=1S/C40H30O15/c1-19(41)48-27-13-35(51-22(4)44)39-29(46)17-32(54-37(39)15-27)24-6-9-26(10-7-24)53-34-12-25(8-11-31(34)50-21(3)43)33-18-30(47)40-36(52-23(5)45)14-28(49-20(2)42)16-38(40)55-33/h6-17,33H,18H2,1-5H3. The number of ketones is 1. The molecule has 5 aromatic rings. The molecule has 0 saturated carbocycles. The zero-order valence-corrected chi connectivity index (χ0v) is 29.8. The molecule has 0 N–H and O–H groups in total. The number of Topliss-reactive ketones (excluding diaryl/α,β-unsaturated/α-hetero) is 1. The highest BCUT2D eigenvalue weighted by Crippen LogP contribution is 2.44. The predicted octanol–water partition coefficient (Wildman–Crippen LogP) is 6.59. The first kappa shape index (κ1) is 37.5. The van der Waals surface area contributed by atoms with Crippen molar-refractivity contribution in [2.45, 2.75) is 47.1 Å². The van der Waals surface area contributed by atoms with E-state index in [0.717, 1.165) is 13.8 Å². The minimum absolute atomic E-state index is 0.00286. The fraction of sp³-hybridized carbons (Fsp3) is 0.175. The van der Waals surface area contributed by atoms with Gasteiger partial charge >= 0.3 is 29.8 Å². The molecule has 1 aromatic heterocycles. The Hall–Kier alpha value is -7.29. The first-order valence-electron chi connectivity index (χ1n) is 16.5. The highest BCUT2D eigenvalue weighted by molar-refractivity contribution is 6.03. The quantitative estimate of drug-likeness (QED) is 0.115. The second-order valence-corrected chi connectivity index (χ2v) is 12.1. The van der Waals surface area contributed by atoms with Gasteiger partial charge in [-0.05, 0) is 42.0 Å². The van der Waals surface area contributed by atoms with Gasteiger partial charge in [-0.2, -0.15) is 0 Å². The van der Waals surface area contributed by atoms with Gasteiger partial charge in [-0.15, -0.1) is 0 Å². The third kappa shape index (κ3) is 8.68. The summed E-state index contributed by atoms with van der Waals surface area (Å²) in [4.78, 5) is 85.4. The Morgan fingerprint density at radius 2 is 1.16 bits per heavy atom. The van der Waals surface area contributed by atoms with Crippen LogP contribution in [0.1, 0.15) is 63.1 Å². The summed E-state index contributed by atoms with van der Waals surface area (Å²) >= 11 is 0. The van der Waals surface area contributed by atoms with E-state index in [9.17, 15) is 33.6 Å². The van der Waals surface area contributed by atoms with E-state index < -0.39 is 47.2 Å². The van der Waals surface area contributed by atoms with Gasteiger partial charge in [0.25, 0.3) is 0 Å². The lowest BCUT2D eigenvalue weighted by atomic mass is 9.95. The Bertz CT molecular complexity index is 2480. The van der Waals surface area contributed by atoms with Gasteiger partial charge in [0.05, 0.1) is 6.42 Å². The van der Waals surface area contributed by atoms with E-state index in [2.05, 4.69) is 0 Å². The molecule has 0 saturated heterocycles. The van der Waals surface area contributed by atoms with Crippen molar-refractivity contribution in [2.24, 2.45) is 0 Å². The van der Waals surface area contributed by atoms with Crippen LogP contribution in [0.15, 0.2) is 82.0 Å². The lowest BCUT2D eigenvalue weighted by molar-refractivity contribution is -0.133. The molecule has 2 heterocycles. The number of carbonyl (C=O) groups excluding carboxylic acids is 6. The first-order chi connectivity index (χ1) is 26.1. The predicted molar refractivity (Wildman–Crippen MR) is 190 cm³/mol. The van der Waals surface area contributed by atoms with Crippen molar-refractivity contribution >= 4 is 46.6 Å². The van der Waals surface area contributed by atoms with Crippen LogP contribution in [0.25, 0.3) is 22.3 Å². The molecule has 6 rings (SSSR count). The summed E-state index contributed by atoms with van der Waals surface area (Å²) in [5.74, 6) is -3.41. The number of benzene rings is 4. The fourth-order valence-corrected chi connectivity index (χ4v) is 5.73. The van der Waals surface area contributed by atoms with Crippen LogP contribution in [-0.2, 0) is 24.0 Å². The Morgan fingerprint density at radius 3 is 1.80 bits per heavy atom. The average Bonchev–Trinajstić information content (AvgIpc) is 3.07. The summed E-state index contributed by atoms with van der Waals surface area (Å²) in [5, 5.41) is -0.0329. The molecule has 0 bridgehead atoms. The number of ether oxygens (including phenoxy) is 7. The lowest BCUT2D eigenvalue weighted by Gasteiger charge is -2.27. The van der Waals surface area contributed by atoms with Gasteiger partial charge in [0.1, 0.15) is 62.9 Å². The van der Waals surface area contributed by atoms with E-state index in [1.54, 1.807) is 30.3 Å². The van der Waals surface area contributed by atoms with Crippen LogP contribution in [0.5, 0.6) is 46.0 Å². The zero-order valence-electron chi connectivity index (χ0n) is 29.8. The molecule has 1 aliphatic heterocycles. The Kier molecular flexibility index (Phi) is 10.5. The molecule has 280 valence electrons. The monoisotopic (exact) mass is 750 g/mol. The Balaban J connectivity index is 1.31. The van der Waals surface area contributed by atoms with Crippen LogP contribution >= 0.6 is 0 Å². The molecule has 1 atom stereocenters. The topological polar surface area (TPSA) is 197 Å². The van der Waals surface area contributed by atoms with Crippen molar-refractivity contribution < 1.29 is 66.3 Å². The maximum atomic E-state index is 13.4. The van der Waals surface area contributed by atoms with Crippen LogP contribution in [0.4, 0.5) is 0 Å². The molecule has 1 unspecified atom stereocenters. The summed E-state index contributed by atoms with van der Waals surface area (Å²) in [6, 6.07) is 17.3. The van der Waals surface area contributed by atoms with Crippen molar-refractivity contribution in [1.29, 1.82) is 0 Å². The Labute approximate surface area is 311 Å². The van der Waals surface area contributed by atoms with Crippen molar-refractivity contribution in [3.05, 3.63) is 94.1 Å². The van der Waals surface area contributed by atoms with Gasteiger partial charge in [0.2, 0.25) is 0 Å². The molecule has 0 radical (unpaired) electrons. The van der Waals surface area contributed by atoms with Crippen LogP contribution in [0.2, 0.25) is 0 Å². The molecule has 0 amide bonds. The minimum atomic E-state index is -0.882. The first-order valence-corrected chi connectivity index (χ1v) is 16.5. The lowest BCUT2D eigenvalue weighted by Crippen LogP contribution is -2.22. The number of hydrogen-bond donors (Lipinski definition) is 0. The molecule has 4 aromatic carbocycles. The summed E-state index contributed by atoms with van der Waals surface area (Å²) in [6.45, 7) is 5.92. The molecule has 55 heavy (non-hydrogen) atoms. The highest BCUT2D eigenvalue weighted by Gasteiger charge is 2.33. The van der Waals surface area contributed by atoms with Crippen molar-refractivity contribution in [2.75, 3.05) is 0 Å². The van der Waals surface area contributed by atoms with E-state index in [0.29, 0.717) is 11.1 Å². The molecular formula is C40H30O15. The van der Waals surface area contributed by atoms with E-state index in [1.165, 1.54) is 63.2 Å². The van der Waals surface area contributed by atoms with E-state index in [1.807, 2.05) is 0 Å². The molecule has 1 aliphatic rings. The molecule has 0 spiro atoms. The summed E-state index contributed by atoms with van der Waals surface area (Å²) < 4.78 is 44.4. The molecule has 0 aliphatic carbocycles. The summed E-state index contributed by atoms with van der Waals surface area (Å²) in [7, 11) is 0. The van der Waals surface area contributed by atoms with E-state index >= 15 is 0 Å². The number of fused-ring (bicyclic) bond motifs is 2. The number of rotatable bonds is 9. The number of carbonyl (C=O) groups is 6. The third-order valence-electron chi connectivity index (χ3n) is 7.72. The van der Waals surface area contributed by atoms with E-state index in [4.69, 9.17) is 37.6 Å². The highest BCUT2D eigenvalue weighted by atomic mass is 16.6. The third-order valence-corrected chi connectivity index (χ3v) is 7.72. The van der Waals surface area contributed by atoms with Crippen molar-refractivity contribution in [3.63, 3.8) is 0 Å². The number of esters is 5. The molecular weight excluding hydrogens is 720 g/mol. The normalized spacial score (nSPS) is 13.2. The van der Waals surface area contributed by atoms with Crippen LogP contribution in [0.3, 0.4) is 0 Å². The molecule has 0 fully saturated rings. The Morgan fingerprint density at radius 1 is 0.582 bits per heavy atom. The second-order valence-electron chi connectivity index (χ2n) is 12.1. The van der Waals surface area contributed by atoms with Gasteiger partial charge < -0.3 is 37.6 Å². The zero-order chi connectivity index (χ0) is 39.6. The van der Waals surface area contributed by atoms with E-state index in [-0.39, 0.29) is 74.7 Å². The van der Waals surface area contributed by atoms with Gasteiger partial charge in [0, 0.05) is 70.5 Å². The smallest absolute Gasteiger partial charge is 0.308 e. The summed E-state index contributed by atoms with van der Waals surface area (Å²) in [6.07, 6.45) is -1.05. The van der Waals surface area contributed by atoms with Crippen molar-refractivity contribution in [3.8, 4) is 57.3 Å². The summed E-state index contributed by atoms with van der Waals surface area (Å²) in [5.41, 5.74) is 0.374. The van der Waals surface area contributed by atoms with Crippen LogP contribution in [-0.4, -0.2) is 35.6 Å². The maximum absolute atomic E-state index is 13.4. The van der Waals surface area contributed by atoms with Gasteiger partial charge in [-0.3, -0.25) is 33.6 Å². The van der Waals surface area contributed by atoms with Crippen molar-refractivity contribution in [1.82, 2.24) is 0 Å². The van der Waals surface area contributed by atoms with Crippen LogP contribution < -0.4 is 38.6 Å². The van der Waals surface area contributed by atoms with Gasteiger partial charge in [0.15, 0.2) is 22.7 Å². The number of hydrogen-bond acceptors (Lipinski definition) is 15.